The lowest BCUT2D eigenvalue weighted by Gasteiger charge is -1.79. The molecule has 5 heavy (non-hydrogen) atoms. The van der Waals surface area contributed by atoms with Crippen LogP contribution in [0.2, 0.25) is 0 Å². The van der Waals surface area contributed by atoms with Crippen LogP contribution in [0.25, 0.3) is 0 Å². The Kier molecular flexibility index (Phi) is 3.93. The molecule has 1 nitrogen and oxygen atoms in total. The molecule has 1 radical (unpaired) electrons. The zero-order valence-electron chi connectivity index (χ0n) is 4.57. The first-order valence-electron chi connectivity index (χ1n) is 2.02. The summed E-state index contributed by atoms with van der Waals surface area (Å²) in [6, 6.07) is 0. The second kappa shape index (κ2) is 3.96. The number of aliphatic hydroxyl groups excluding tert-OH is 1. The Hall–Kier alpha value is -0.0400. The fraction of sp³-hybridized carbons (Fsp3) is 1.00. The fourth-order valence-electron chi connectivity index (χ4n) is 0.158. The molecule has 1 N–H and O–H groups in total. The maximum absolute atomic E-state index is 8.07. The number of hydrogen-bond donors (Lipinski definition) is 1. The van der Waals surface area contributed by atoms with E-state index >= 15 is 0 Å². The van der Waals surface area contributed by atoms with Crippen molar-refractivity contribution in [2.24, 2.45) is 0 Å². The average Bonchev–Trinajstić information content (AvgIpc) is 1.41. The van der Waals surface area contributed by atoms with Gasteiger partial charge in [0.15, 0.2) is 0 Å². The van der Waals surface area contributed by atoms with Gasteiger partial charge in [0.2, 0.25) is 0 Å². The molecule has 0 aromatic rings. The van der Waals surface area contributed by atoms with Gasteiger partial charge in [-0.3, -0.25) is 0 Å². The number of aliphatic hydroxyl groups is 1. The molecule has 0 bridgehead atoms. The Bertz CT molecular complexity index is 15.0. The van der Waals surface area contributed by atoms with Crippen LogP contribution in [-0.2, 0) is 0 Å². The van der Waals surface area contributed by atoms with Gasteiger partial charge in [-0.25, -0.2) is 0 Å². The molecule has 0 heterocycles. The summed E-state index contributed by atoms with van der Waals surface area (Å²) in [4.78, 5) is 0. The van der Waals surface area contributed by atoms with E-state index in [4.69, 9.17) is 5.11 Å². The van der Waals surface area contributed by atoms with Crippen molar-refractivity contribution in [2.45, 2.75) is 19.8 Å². The van der Waals surface area contributed by atoms with E-state index in [9.17, 15) is 0 Å². The average molecular weight is 76.1 g/mol. The highest BCUT2D eigenvalue weighted by Crippen LogP contribution is 1.78. The SMILES string of the molecule is CCCCO.[2H]. The van der Waals surface area contributed by atoms with E-state index in [1.807, 2.05) is 0 Å². The molecular weight excluding hydrogens is 64.0 g/mol. The van der Waals surface area contributed by atoms with Crippen LogP contribution in [-0.4, -0.2) is 11.7 Å². The molecule has 0 aromatic heterocycles. The van der Waals surface area contributed by atoms with Gasteiger partial charge in [-0.15, -0.1) is 0 Å². The van der Waals surface area contributed by atoms with Gasteiger partial charge >= 0.3 is 0 Å². The predicted octanol–water partition coefficient (Wildman–Crippen LogP) is 0.891. The molecule has 0 aliphatic rings. The minimum atomic E-state index is 0. The molecule has 0 saturated heterocycles. The lowest BCUT2D eigenvalue weighted by Crippen LogP contribution is -1.75. The van der Waals surface area contributed by atoms with Crippen LogP contribution in [0.15, 0.2) is 0 Å². The van der Waals surface area contributed by atoms with E-state index < -0.39 is 0 Å². The molecule has 0 atom stereocenters. The van der Waals surface area contributed by atoms with Gasteiger partial charge < -0.3 is 5.11 Å². The molecule has 0 unspecified atom stereocenters. The summed E-state index contributed by atoms with van der Waals surface area (Å²) >= 11 is 0. The molecule has 0 rings (SSSR count). The van der Waals surface area contributed by atoms with Crippen LogP contribution in [0.4, 0.5) is 0 Å². The molecule has 0 spiro atoms. The molecular formula is C4H11O. The Morgan fingerprint density at radius 2 is 2.40 bits per heavy atom. The highest BCUT2D eigenvalue weighted by atomic mass is 16.2. The van der Waals surface area contributed by atoms with Crippen molar-refractivity contribution in [2.75, 3.05) is 6.61 Å². The van der Waals surface area contributed by atoms with E-state index in [2.05, 4.69) is 6.92 Å². The fourth-order valence-corrected chi connectivity index (χ4v) is 0.158. The molecule has 0 aliphatic heterocycles. The minimum absolute atomic E-state index is 0. The highest BCUT2D eigenvalue weighted by molar-refractivity contribution is 4.23. The molecule has 0 aromatic carbocycles. The van der Waals surface area contributed by atoms with E-state index in [1.54, 1.807) is 0 Å². The van der Waals surface area contributed by atoms with E-state index in [-0.39, 0.29) is 1.43 Å². The standard InChI is InChI=1S/C4H10O.H/c1-2-3-4-5;/h5H,2-4H2,1H3;/i;1+1. The van der Waals surface area contributed by atoms with Crippen LogP contribution in [0.1, 0.15) is 21.2 Å². The van der Waals surface area contributed by atoms with Crippen molar-refractivity contribution in [1.29, 1.82) is 0 Å². The first kappa shape index (κ1) is 4.96. The van der Waals surface area contributed by atoms with E-state index in [0.29, 0.717) is 6.61 Å². The molecule has 0 aliphatic carbocycles. The minimum Gasteiger partial charge on any atom is -0.396 e. The zero-order chi connectivity index (χ0) is 4.12. The summed E-state index contributed by atoms with van der Waals surface area (Å²) in [7, 11) is 0. The van der Waals surface area contributed by atoms with E-state index in [1.165, 1.54) is 0 Å². The summed E-state index contributed by atoms with van der Waals surface area (Å²) in [6.45, 7) is 2.40. The first-order valence-corrected chi connectivity index (χ1v) is 2.02. The van der Waals surface area contributed by atoms with Crippen molar-refractivity contribution in [1.82, 2.24) is 0 Å². The third-order valence-corrected chi connectivity index (χ3v) is 0.512. The summed E-state index contributed by atoms with van der Waals surface area (Å²) < 4.78 is 0. The summed E-state index contributed by atoms with van der Waals surface area (Å²) in [5.41, 5.74) is 0. The number of hydrogen-bond acceptors (Lipinski definition) is 1. The lowest BCUT2D eigenvalue weighted by molar-refractivity contribution is 0.287. The Labute approximate surface area is 34.1 Å². The quantitative estimate of drug-likeness (QED) is 0.518. The van der Waals surface area contributed by atoms with Gasteiger partial charge in [-0.2, -0.15) is 0 Å². The highest BCUT2D eigenvalue weighted by Gasteiger charge is 1.69. The normalized spacial score (nSPS) is 8.40. The van der Waals surface area contributed by atoms with Crippen LogP contribution in [0, 0.1) is 0 Å². The monoisotopic (exact) mass is 76.1 g/mol. The maximum atomic E-state index is 8.07. The van der Waals surface area contributed by atoms with Crippen molar-refractivity contribution in [3.63, 3.8) is 0 Å². The van der Waals surface area contributed by atoms with Crippen LogP contribution >= 0.6 is 0 Å². The lowest BCUT2D eigenvalue weighted by atomic mass is 10.4. The van der Waals surface area contributed by atoms with Crippen LogP contribution in [0.3, 0.4) is 0 Å². The van der Waals surface area contributed by atoms with E-state index in [0.717, 1.165) is 12.8 Å². The third-order valence-electron chi connectivity index (χ3n) is 0.512. The Morgan fingerprint density at radius 1 is 1.80 bits per heavy atom. The predicted molar refractivity (Wildman–Crippen MR) is 23.1 cm³/mol. The Morgan fingerprint density at radius 3 is 2.40 bits per heavy atom. The molecule has 33 valence electrons. The third kappa shape index (κ3) is 3.96. The van der Waals surface area contributed by atoms with Crippen molar-refractivity contribution in [3.05, 3.63) is 0 Å². The zero-order valence-corrected chi connectivity index (χ0v) is 3.57. The Balaban J connectivity index is 0. The summed E-state index contributed by atoms with van der Waals surface area (Å²) in [5, 5.41) is 8.07. The van der Waals surface area contributed by atoms with Crippen LogP contribution < -0.4 is 0 Å². The van der Waals surface area contributed by atoms with Gasteiger partial charge in [0.25, 0.3) is 0 Å². The smallest absolute Gasteiger partial charge is 0.0430 e. The first-order chi connectivity index (χ1) is 2.41. The number of unbranched alkanes of at least 4 members (excludes halogenated alkanes) is 1. The van der Waals surface area contributed by atoms with Gasteiger partial charge in [0.1, 0.15) is 0 Å². The second-order valence-electron chi connectivity index (χ2n) is 1.08. The van der Waals surface area contributed by atoms with Gasteiger partial charge in [-0.05, 0) is 6.42 Å². The van der Waals surface area contributed by atoms with Crippen molar-refractivity contribution >= 4 is 0 Å². The molecule has 0 amide bonds. The maximum Gasteiger partial charge on any atom is 0.0430 e. The summed E-state index contributed by atoms with van der Waals surface area (Å²) in [5.74, 6) is 0. The molecule has 0 saturated carbocycles. The molecule has 0 fully saturated rings. The van der Waals surface area contributed by atoms with Crippen molar-refractivity contribution < 1.29 is 6.53 Å². The van der Waals surface area contributed by atoms with Gasteiger partial charge in [0, 0.05) is 8.03 Å². The van der Waals surface area contributed by atoms with Gasteiger partial charge in [0.05, 0.1) is 0 Å². The van der Waals surface area contributed by atoms with Crippen LogP contribution in [0.5, 0.6) is 0 Å². The van der Waals surface area contributed by atoms with Crippen molar-refractivity contribution in [3.8, 4) is 0 Å². The molecule has 1 heteroatoms. The topological polar surface area (TPSA) is 20.2 Å². The largest absolute Gasteiger partial charge is 0.396 e. The second-order valence-corrected chi connectivity index (χ2v) is 1.08. The van der Waals surface area contributed by atoms with Gasteiger partial charge in [-0.1, -0.05) is 13.3 Å². The summed E-state index contributed by atoms with van der Waals surface area (Å²) in [6.07, 6.45) is 2.04. The number of rotatable bonds is 2.